The summed E-state index contributed by atoms with van der Waals surface area (Å²) in [5.41, 5.74) is -2.43. The van der Waals surface area contributed by atoms with Crippen LogP contribution in [0.3, 0.4) is 0 Å². The molecule has 0 aliphatic heterocycles. The minimum Gasteiger partial charge on any atom is -0.433 e. The average Bonchev–Trinajstić information content (AvgIpc) is 2.25. The van der Waals surface area contributed by atoms with E-state index in [2.05, 4.69) is 4.74 Å². The normalized spacial score (nSPS) is 11.9. The van der Waals surface area contributed by atoms with E-state index in [1.54, 1.807) is 0 Å². The van der Waals surface area contributed by atoms with Crippen molar-refractivity contribution in [2.75, 3.05) is 0 Å². The minimum atomic E-state index is -4.82. The smallest absolute Gasteiger partial charge is 0.387 e. The largest absolute Gasteiger partial charge is 0.433 e. The molecule has 20 heavy (non-hydrogen) atoms. The van der Waals surface area contributed by atoms with Gasteiger partial charge in [-0.05, 0) is 0 Å². The van der Waals surface area contributed by atoms with E-state index in [-0.39, 0.29) is 12.1 Å². The number of hydrogen-bond acceptors (Lipinski definition) is 5. The van der Waals surface area contributed by atoms with E-state index in [4.69, 9.17) is 10.7 Å². The summed E-state index contributed by atoms with van der Waals surface area (Å²) in [5, 5.41) is 10.5. The molecule has 1 aromatic rings. The van der Waals surface area contributed by atoms with Crippen molar-refractivity contribution in [2.24, 2.45) is 0 Å². The van der Waals surface area contributed by atoms with Gasteiger partial charge in [0.15, 0.2) is 5.75 Å². The van der Waals surface area contributed by atoms with E-state index >= 15 is 0 Å². The zero-order valence-corrected chi connectivity index (χ0v) is 10.7. The molecule has 0 bridgehead atoms. The highest BCUT2D eigenvalue weighted by molar-refractivity contribution is 8.13. The lowest BCUT2D eigenvalue weighted by Crippen LogP contribution is -2.09. The minimum absolute atomic E-state index is 0.230. The van der Waals surface area contributed by atoms with Crippen LogP contribution in [0, 0.1) is 10.1 Å². The highest BCUT2D eigenvalue weighted by Crippen LogP contribution is 2.40. The van der Waals surface area contributed by atoms with Crippen LogP contribution in [0.5, 0.6) is 5.75 Å². The predicted molar refractivity (Wildman–Crippen MR) is 57.7 cm³/mol. The molecule has 0 aliphatic rings. The SMILES string of the molecule is O=[N+]([O-])c1cc(C(F)F)c(OC(F)F)c(S(=O)(=O)Cl)c1. The fourth-order valence-electron chi connectivity index (χ4n) is 1.27. The molecule has 0 radical (unpaired) electrons. The number of alkyl halides is 4. The molecule has 0 unspecified atom stereocenters. The van der Waals surface area contributed by atoms with Crippen LogP contribution in [0.25, 0.3) is 0 Å². The lowest BCUT2D eigenvalue weighted by atomic mass is 10.2. The highest BCUT2D eigenvalue weighted by atomic mass is 35.7. The van der Waals surface area contributed by atoms with Gasteiger partial charge in [-0.25, -0.2) is 17.2 Å². The van der Waals surface area contributed by atoms with Crippen molar-refractivity contribution in [3.05, 3.63) is 27.8 Å². The molecule has 0 aromatic heterocycles. The van der Waals surface area contributed by atoms with Gasteiger partial charge in [0.1, 0.15) is 4.90 Å². The van der Waals surface area contributed by atoms with Gasteiger partial charge in [0.25, 0.3) is 21.2 Å². The number of benzene rings is 1. The van der Waals surface area contributed by atoms with Crippen LogP contribution in [-0.2, 0) is 9.05 Å². The number of halogens is 5. The molecule has 0 saturated heterocycles. The maximum atomic E-state index is 12.7. The Kier molecular flexibility index (Phi) is 4.76. The first-order chi connectivity index (χ1) is 9.04. The first-order valence-corrected chi connectivity index (χ1v) is 6.85. The van der Waals surface area contributed by atoms with Gasteiger partial charge in [0.05, 0.1) is 10.5 Å². The van der Waals surface area contributed by atoms with Crippen molar-refractivity contribution in [1.29, 1.82) is 0 Å². The van der Waals surface area contributed by atoms with Crippen LogP contribution < -0.4 is 4.74 Å². The van der Waals surface area contributed by atoms with Crippen molar-refractivity contribution in [1.82, 2.24) is 0 Å². The molecule has 0 amide bonds. The first kappa shape index (κ1) is 16.4. The van der Waals surface area contributed by atoms with E-state index in [9.17, 15) is 36.1 Å². The molecule has 0 heterocycles. The number of ether oxygens (including phenoxy) is 1. The monoisotopic (exact) mass is 337 g/mol. The molecule has 112 valence electrons. The zero-order valence-electron chi connectivity index (χ0n) is 9.10. The van der Waals surface area contributed by atoms with Crippen molar-refractivity contribution >= 4 is 25.4 Å². The Morgan fingerprint density at radius 2 is 1.80 bits per heavy atom. The summed E-state index contributed by atoms with van der Waals surface area (Å²) in [5.74, 6) is -1.42. The van der Waals surface area contributed by atoms with Gasteiger partial charge < -0.3 is 4.74 Å². The number of nitro benzene ring substituents is 1. The lowest BCUT2D eigenvalue weighted by Gasteiger charge is -2.13. The second-order valence-corrected chi connectivity index (χ2v) is 5.77. The molecule has 1 aromatic carbocycles. The molecule has 0 saturated carbocycles. The Labute approximate surface area is 113 Å². The molecular weight excluding hydrogens is 334 g/mol. The fraction of sp³-hybridized carbons (Fsp3) is 0.250. The van der Waals surface area contributed by atoms with Gasteiger partial charge in [-0.3, -0.25) is 10.1 Å². The third kappa shape index (κ3) is 3.70. The standard InChI is InChI=1S/C8H4ClF4NO5S/c9-20(17,18)5-2-3(14(15)16)1-4(7(10)11)6(5)19-8(12)13/h1-2,7-8H. The molecule has 6 nitrogen and oxygen atoms in total. The van der Waals surface area contributed by atoms with Crippen LogP contribution in [-0.4, -0.2) is 20.0 Å². The highest BCUT2D eigenvalue weighted by Gasteiger charge is 2.30. The summed E-state index contributed by atoms with van der Waals surface area (Å²) in [4.78, 5) is 8.02. The fourth-order valence-corrected chi connectivity index (χ4v) is 2.27. The van der Waals surface area contributed by atoms with E-state index in [1.165, 1.54) is 0 Å². The van der Waals surface area contributed by atoms with Crippen molar-refractivity contribution in [3.63, 3.8) is 0 Å². The van der Waals surface area contributed by atoms with Gasteiger partial charge in [-0.2, -0.15) is 8.78 Å². The Bertz CT molecular complexity index is 636. The zero-order chi connectivity index (χ0) is 15.7. The van der Waals surface area contributed by atoms with Crippen LogP contribution in [0.15, 0.2) is 17.0 Å². The average molecular weight is 338 g/mol. The summed E-state index contributed by atoms with van der Waals surface area (Å²) in [6.07, 6.45) is -3.49. The molecule has 0 fully saturated rings. The van der Waals surface area contributed by atoms with Crippen molar-refractivity contribution in [2.45, 2.75) is 17.9 Å². The Morgan fingerprint density at radius 3 is 2.15 bits per heavy atom. The van der Waals surface area contributed by atoms with E-state index in [0.717, 1.165) is 0 Å². The quantitative estimate of drug-likeness (QED) is 0.357. The predicted octanol–water partition coefficient (Wildman–Crippen LogP) is 3.06. The number of hydrogen-bond donors (Lipinski definition) is 0. The van der Waals surface area contributed by atoms with E-state index < -0.39 is 48.9 Å². The van der Waals surface area contributed by atoms with Gasteiger partial charge >= 0.3 is 6.61 Å². The van der Waals surface area contributed by atoms with Crippen LogP contribution >= 0.6 is 10.7 Å². The Hall–Kier alpha value is -1.62. The molecule has 0 spiro atoms. The summed E-state index contributed by atoms with van der Waals surface area (Å²) in [6.45, 7) is -3.62. The number of nitro groups is 1. The van der Waals surface area contributed by atoms with Gasteiger partial charge in [0.2, 0.25) is 0 Å². The molecule has 12 heteroatoms. The summed E-state index contributed by atoms with van der Waals surface area (Å²) in [7, 11) is 0.0653. The third-order valence-corrected chi connectivity index (χ3v) is 3.31. The summed E-state index contributed by atoms with van der Waals surface area (Å²) >= 11 is 0. The maximum Gasteiger partial charge on any atom is 0.387 e. The first-order valence-electron chi connectivity index (χ1n) is 4.54. The number of nitrogens with zero attached hydrogens (tertiary/aromatic N) is 1. The summed E-state index contributed by atoms with van der Waals surface area (Å²) < 4.78 is 75.7. The van der Waals surface area contributed by atoms with Crippen LogP contribution in [0.2, 0.25) is 0 Å². The van der Waals surface area contributed by atoms with Crippen molar-refractivity contribution in [3.8, 4) is 5.75 Å². The second kappa shape index (κ2) is 5.79. The number of non-ortho nitro benzene ring substituents is 1. The van der Waals surface area contributed by atoms with Crippen LogP contribution in [0.1, 0.15) is 12.0 Å². The molecular formula is C8H4ClF4NO5S. The topological polar surface area (TPSA) is 86.5 Å². The van der Waals surface area contributed by atoms with Gasteiger partial charge in [-0.1, -0.05) is 0 Å². The molecule has 0 aliphatic carbocycles. The summed E-state index contributed by atoms with van der Waals surface area (Å²) in [6, 6.07) is 0.486. The maximum absolute atomic E-state index is 12.7. The van der Waals surface area contributed by atoms with Gasteiger partial charge in [0, 0.05) is 22.8 Å². The van der Waals surface area contributed by atoms with Crippen LogP contribution in [0.4, 0.5) is 23.2 Å². The van der Waals surface area contributed by atoms with E-state index in [1.807, 2.05) is 0 Å². The molecule has 0 atom stereocenters. The second-order valence-electron chi connectivity index (χ2n) is 3.24. The van der Waals surface area contributed by atoms with Gasteiger partial charge in [-0.15, -0.1) is 0 Å². The Morgan fingerprint density at radius 1 is 1.25 bits per heavy atom. The lowest BCUT2D eigenvalue weighted by molar-refractivity contribution is -0.385. The number of rotatable bonds is 5. The van der Waals surface area contributed by atoms with Crippen molar-refractivity contribution < 1.29 is 35.6 Å². The Balaban J connectivity index is 3.71. The van der Waals surface area contributed by atoms with E-state index in [0.29, 0.717) is 0 Å². The molecule has 0 N–H and O–H groups in total. The molecule has 1 rings (SSSR count). The third-order valence-electron chi connectivity index (χ3n) is 1.98.